The maximum absolute atomic E-state index is 12.9. The molecule has 0 radical (unpaired) electrons. The number of benzene rings is 2. The van der Waals surface area contributed by atoms with Crippen molar-refractivity contribution in [3.63, 3.8) is 0 Å². The summed E-state index contributed by atoms with van der Waals surface area (Å²) in [7, 11) is 3.16. The molecule has 1 aliphatic heterocycles. The van der Waals surface area contributed by atoms with E-state index >= 15 is 0 Å². The molecule has 2 heterocycles. The van der Waals surface area contributed by atoms with Crippen LogP contribution in [0.25, 0.3) is 10.9 Å². The van der Waals surface area contributed by atoms with E-state index < -0.39 is 0 Å². The zero-order valence-corrected chi connectivity index (χ0v) is 17.7. The molecule has 1 fully saturated rings. The number of hydrogen-bond donors (Lipinski definition) is 0. The van der Waals surface area contributed by atoms with Crippen LogP contribution in [-0.2, 0) is 11.2 Å². The molecular weight excluding hydrogens is 394 g/mol. The number of hydrogen-bond acceptors (Lipinski definition) is 5. The molecule has 2 aromatic carbocycles. The fraction of sp³-hybridized carbons (Fsp3) is 0.292. The van der Waals surface area contributed by atoms with Crippen molar-refractivity contribution in [2.24, 2.45) is 0 Å². The molecule has 0 atom stereocenters. The summed E-state index contributed by atoms with van der Waals surface area (Å²) in [5, 5.41) is 0.942. The van der Waals surface area contributed by atoms with Gasteiger partial charge in [0.2, 0.25) is 5.91 Å². The fourth-order valence-corrected chi connectivity index (χ4v) is 3.83. The molecule has 1 aliphatic rings. The molecule has 0 spiro atoms. The Balaban J connectivity index is 1.36. The van der Waals surface area contributed by atoms with Gasteiger partial charge in [-0.3, -0.25) is 14.6 Å². The number of carbonyl (C=O) groups excluding carboxylic acids is 2. The minimum atomic E-state index is -0.0160. The molecule has 160 valence electrons. The summed E-state index contributed by atoms with van der Waals surface area (Å²) in [6.07, 6.45) is 2.02. The highest BCUT2D eigenvalue weighted by Crippen LogP contribution is 2.28. The molecule has 4 rings (SSSR count). The van der Waals surface area contributed by atoms with Crippen LogP contribution >= 0.6 is 0 Å². The van der Waals surface area contributed by atoms with Gasteiger partial charge in [-0.1, -0.05) is 12.1 Å². The van der Waals surface area contributed by atoms with Crippen molar-refractivity contribution in [1.29, 1.82) is 0 Å². The lowest BCUT2D eigenvalue weighted by Crippen LogP contribution is -2.51. The first-order valence-electron chi connectivity index (χ1n) is 10.2. The largest absolute Gasteiger partial charge is 0.493 e. The summed E-state index contributed by atoms with van der Waals surface area (Å²) < 4.78 is 10.6. The fourth-order valence-electron chi connectivity index (χ4n) is 3.83. The summed E-state index contributed by atoms with van der Waals surface area (Å²) in [5.74, 6) is 1.26. The van der Waals surface area contributed by atoms with Crippen molar-refractivity contribution >= 4 is 22.7 Å². The van der Waals surface area contributed by atoms with E-state index in [0.29, 0.717) is 43.2 Å². The minimum absolute atomic E-state index is 0.0160. The first kappa shape index (κ1) is 20.7. The highest BCUT2D eigenvalue weighted by molar-refractivity contribution is 5.98. The van der Waals surface area contributed by atoms with Gasteiger partial charge < -0.3 is 19.3 Å². The molecule has 2 amide bonds. The van der Waals surface area contributed by atoms with Gasteiger partial charge in [0.15, 0.2) is 11.5 Å². The number of rotatable bonds is 5. The summed E-state index contributed by atoms with van der Waals surface area (Å²) >= 11 is 0. The number of fused-ring (bicyclic) bond motifs is 1. The highest BCUT2D eigenvalue weighted by atomic mass is 16.5. The predicted octanol–water partition coefficient (Wildman–Crippen LogP) is 2.78. The van der Waals surface area contributed by atoms with Gasteiger partial charge in [0.25, 0.3) is 5.91 Å². The summed E-state index contributed by atoms with van der Waals surface area (Å²) in [4.78, 5) is 33.6. The van der Waals surface area contributed by atoms with Crippen molar-refractivity contribution in [3.8, 4) is 11.5 Å². The maximum Gasteiger partial charge on any atom is 0.253 e. The Morgan fingerprint density at radius 1 is 0.903 bits per heavy atom. The van der Waals surface area contributed by atoms with Gasteiger partial charge in [0, 0.05) is 43.3 Å². The van der Waals surface area contributed by atoms with Gasteiger partial charge in [0.05, 0.1) is 26.2 Å². The second kappa shape index (κ2) is 9.04. The zero-order chi connectivity index (χ0) is 21.8. The van der Waals surface area contributed by atoms with Gasteiger partial charge in [-0.05, 0) is 42.0 Å². The van der Waals surface area contributed by atoms with E-state index in [0.717, 1.165) is 16.5 Å². The van der Waals surface area contributed by atoms with Crippen molar-refractivity contribution in [1.82, 2.24) is 14.8 Å². The lowest BCUT2D eigenvalue weighted by molar-refractivity contribution is -0.131. The summed E-state index contributed by atoms with van der Waals surface area (Å²) in [6.45, 7) is 2.07. The van der Waals surface area contributed by atoms with Crippen molar-refractivity contribution in [2.45, 2.75) is 6.42 Å². The van der Waals surface area contributed by atoms with Gasteiger partial charge >= 0.3 is 0 Å². The Morgan fingerprint density at radius 2 is 1.65 bits per heavy atom. The Kier molecular flexibility index (Phi) is 6.02. The normalized spacial score (nSPS) is 13.9. The third kappa shape index (κ3) is 4.45. The first-order valence-corrected chi connectivity index (χ1v) is 10.2. The third-order valence-corrected chi connectivity index (χ3v) is 5.57. The van der Waals surface area contributed by atoms with Gasteiger partial charge in [-0.15, -0.1) is 0 Å². The first-order chi connectivity index (χ1) is 15.1. The number of amides is 2. The van der Waals surface area contributed by atoms with Crippen molar-refractivity contribution < 1.29 is 19.1 Å². The quantitative estimate of drug-likeness (QED) is 0.636. The van der Waals surface area contributed by atoms with E-state index in [2.05, 4.69) is 4.98 Å². The standard InChI is InChI=1S/C24H25N3O4/c1-30-21-8-5-17(14-22(21)31-2)15-23(28)26-10-12-27(13-11-26)24(29)19-6-7-20-18(16-19)4-3-9-25-20/h3-9,14,16H,10-13,15H2,1-2H3. The van der Waals surface area contributed by atoms with Crippen LogP contribution in [0.3, 0.4) is 0 Å². The SMILES string of the molecule is COc1ccc(CC(=O)N2CCN(C(=O)c3ccc4ncccc4c3)CC2)cc1OC. The Hall–Kier alpha value is -3.61. The molecule has 7 nitrogen and oxygen atoms in total. The molecule has 7 heteroatoms. The predicted molar refractivity (Wildman–Crippen MR) is 117 cm³/mol. The second-order valence-corrected chi connectivity index (χ2v) is 7.45. The van der Waals surface area contributed by atoms with Crippen LogP contribution in [0.1, 0.15) is 15.9 Å². The number of ether oxygens (including phenoxy) is 2. The molecule has 0 N–H and O–H groups in total. The molecule has 0 aliphatic carbocycles. The molecule has 1 saturated heterocycles. The molecule has 0 bridgehead atoms. The Morgan fingerprint density at radius 3 is 2.39 bits per heavy atom. The number of carbonyl (C=O) groups is 2. The number of aromatic nitrogens is 1. The molecule has 3 aromatic rings. The van der Waals surface area contributed by atoms with Crippen molar-refractivity contribution in [2.75, 3.05) is 40.4 Å². The van der Waals surface area contributed by atoms with Crippen LogP contribution in [-0.4, -0.2) is 67.0 Å². The Bertz CT molecular complexity index is 1110. The van der Waals surface area contributed by atoms with E-state index in [1.165, 1.54) is 0 Å². The molecule has 0 saturated carbocycles. The van der Waals surface area contributed by atoms with Crippen molar-refractivity contribution in [3.05, 3.63) is 65.9 Å². The maximum atomic E-state index is 12.9. The summed E-state index contributed by atoms with van der Waals surface area (Å²) in [5.41, 5.74) is 2.38. The second-order valence-electron chi connectivity index (χ2n) is 7.45. The van der Waals surface area contributed by atoms with Gasteiger partial charge in [0.1, 0.15) is 0 Å². The topological polar surface area (TPSA) is 72.0 Å². The van der Waals surface area contributed by atoms with Crippen LogP contribution in [0.15, 0.2) is 54.7 Å². The number of piperazine rings is 1. The number of methoxy groups -OCH3 is 2. The van der Waals surface area contributed by atoms with Gasteiger partial charge in [-0.2, -0.15) is 0 Å². The number of nitrogens with zero attached hydrogens (tertiary/aromatic N) is 3. The number of pyridine rings is 1. The van der Waals surface area contributed by atoms with Crippen LogP contribution in [0.2, 0.25) is 0 Å². The van der Waals surface area contributed by atoms with Crippen LogP contribution in [0.4, 0.5) is 0 Å². The average molecular weight is 419 g/mol. The minimum Gasteiger partial charge on any atom is -0.493 e. The highest BCUT2D eigenvalue weighted by Gasteiger charge is 2.25. The lowest BCUT2D eigenvalue weighted by Gasteiger charge is -2.35. The van der Waals surface area contributed by atoms with Crippen LogP contribution in [0, 0.1) is 0 Å². The van der Waals surface area contributed by atoms with Gasteiger partial charge in [-0.25, -0.2) is 0 Å². The van der Waals surface area contributed by atoms with E-state index in [1.54, 1.807) is 31.4 Å². The molecule has 31 heavy (non-hydrogen) atoms. The van der Waals surface area contributed by atoms with Crippen LogP contribution < -0.4 is 9.47 Å². The molecule has 0 unspecified atom stereocenters. The Labute approximate surface area is 181 Å². The molecule has 1 aromatic heterocycles. The smallest absolute Gasteiger partial charge is 0.253 e. The molecular formula is C24H25N3O4. The monoisotopic (exact) mass is 419 g/mol. The van der Waals surface area contributed by atoms with E-state index in [1.807, 2.05) is 47.4 Å². The van der Waals surface area contributed by atoms with Crippen LogP contribution in [0.5, 0.6) is 11.5 Å². The van der Waals surface area contributed by atoms with E-state index in [-0.39, 0.29) is 18.2 Å². The summed E-state index contributed by atoms with van der Waals surface area (Å²) in [6, 6.07) is 14.9. The van der Waals surface area contributed by atoms with E-state index in [4.69, 9.17) is 9.47 Å². The average Bonchev–Trinajstić information content (AvgIpc) is 2.83. The zero-order valence-electron chi connectivity index (χ0n) is 17.7. The lowest BCUT2D eigenvalue weighted by atomic mass is 10.1. The third-order valence-electron chi connectivity index (χ3n) is 5.57. The van der Waals surface area contributed by atoms with E-state index in [9.17, 15) is 9.59 Å².